The monoisotopic (exact) mass is 231 g/mol. The van der Waals surface area contributed by atoms with Crippen molar-refractivity contribution in [2.24, 2.45) is 5.92 Å². The summed E-state index contributed by atoms with van der Waals surface area (Å²) in [5.74, 6) is 0.994. The quantitative estimate of drug-likeness (QED) is 0.789. The molecule has 0 saturated carbocycles. The van der Waals surface area contributed by atoms with Crippen molar-refractivity contribution in [1.29, 1.82) is 0 Å². The molecule has 1 fully saturated rings. The van der Waals surface area contributed by atoms with E-state index in [1.165, 1.54) is 12.0 Å². The van der Waals surface area contributed by atoms with E-state index in [9.17, 15) is 4.79 Å². The molecule has 1 aliphatic rings. The molecular weight excluding hydrogens is 210 g/mol. The second kappa shape index (κ2) is 5.97. The Balaban J connectivity index is 1.85. The number of Topliss-reactive ketones (excluding diaryl/α,β-unsaturated/α-hetero) is 1. The topological polar surface area (TPSA) is 29.1 Å². The van der Waals surface area contributed by atoms with Crippen LogP contribution < -0.4 is 5.32 Å². The zero-order chi connectivity index (χ0) is 12.1. The molecule has 1 saturated heterocycles. The number of nitrogens with one attached hydrogen (secondary N) is 1. The average Bonchev–Trinajstić information content (AvgIpc) is 2.89. The molecule has 1 N–H and O–H groups in total. The van der Waals surface area contributed by atoms with Crippen LogP contribution in [0.2, 0.25) is 0 Å². The van der Waals surface area contributed by atoms with Crippen molar-refractivity contribution in [1.82, 2.24) is 5.32 Å². The molecule has 1 atom stereocenters. The van der Waals surface area contributed by atoms with Gasteiger partial charge in [-0.2, -0.15) is 0 Å². The Morgan fingerprint density at radius 1 is 1.35 bits per heavy atom. The Bertz CT molecular complexity index is 363. The highest BCUT2D eigenvalue weighted by Gasteiger charge is 2.16. The maximum absolute atomic E-state index is 12.0. The Morgan fingerprint density at radius 2 is 2.12 bits per heavy atom. The molecule has 2 nitrogen and oxygen atoms in total. The summed E-state index contributed by atoms with van der Waals surface area (Å²) in [6, 6.07) is 8.05. The van der Waals surface area contributed by atoms with Crippen molar-refractivity contribution in [3.8, 4) is 0 Å². The Morgan fingerprint density at radius 3 is 2.71 bits per heavy atom. The average molecular weight is 231 g/mol. The molecule has 0 aliphatic carbocycles. The van der Waals surface area contributed by atoms with E-state index >= 15 is 0 Å². The minimum absolute atomic E-state index is 0.291. The van der Waals surface area contributed by atoms with Crippen molar-refractivity contribution in [2.75, 3.05) is 13.1 Å². The van der Waals surface area contributed by atoms with E-state index in [1.807, 2.05) is 12.1 Å². The lowest BCUT2D eigenvalue weighted by molar-refractivity contribution is 0.0974. The van der Waals surface area contributed by atoms with Gasteiger partial charge < -0.3 is 5.32 Å². The Hall–Kier alpha value is -1.15. The van der Waals surface area contributed by atoms with Crippen molar-refractivity contribution < 1.29 is 4.79 Å². The van der Waals surface area contributed by atoms with Crippen LogP contribution in [0.5, 0.6) is 0 Å². The summed E-state index contributed by atoms with van der Waals surface area (Å²) < 4.78 is 0. The molecular formula is C15H21NO. The number of carbonyl (C=O) groups is 1. The molecule has 0 amide bonds. The molecule has 1 heterocycles. The van der Waals surface area contributed by atoms with Crippen LogP contribution in [0.1, 0.15) is 42.1 Å². The molecule has 0 radical (unpaired) electrons. The number of hydrogen-bond acceptors (Lipinski definition) is 2. The molecule has 2 rings (SSSR count). The molecule has 1 aromatic carbocycles. The molecule has 1 unspecified atom stereocenters. The van der Waals surface area contributed by atoms with Gasteiger partial charge >= 0.3 is 0 Å². The summed E-state index contributed by atoms with van der Waals surface area (Å²) in [5.41, 5.74) is 2.16. The van der Waals surface area contributed by atoms with Crippen molar-refractivity contribution in [3.63, 3.8) is 0 Å². The van der Waals surface area contributed by atoms with Crippen LogP contribution in [-0.4, -0.2) is 18.9 Å². The van der Waals surface area contributed by atoms with E-state index in [-0.39, 0.29) is 0 Å². The highest BCUT2D eigenvalue weighted by atomic mass is 16.1. The number of benzene rings is 1. The van der Waals surface area contributed by atoms with Gasteiger partial charge in [0.1, 0.15) is 0 Å². The van der Waals surface area contributed by atoms with Gasteiger partial charge in [0, 0.05) is 12.0 Å². The summed E-state index contributed by atoms with van der Waals surface area (Å²) in [7, 11) is 0. The van der Waals surface area contributed by atoms with E-state index in [0.29, 0.717) is 18.1 Å². The van der Waals surface area contributed by atoms with Crippen LogP contribution in [0.3, 0.4) is 0 Å². The number of carbonyl (C=O) groups excluding carboxylic acids is 1. The third-order valence-electron chi connectivity index (χ3n) is 3.63. The normalized spacial score (nSPS) is 19.5. The number of aryl methyl sites for hydroxylation is 1. The smallest absolute Gasteiger partial charge is 0.162 e. The first-order valence-electron chi connectivity index (χ1n) is 6.62. The zero-order valence-corrected chi connectivity index (χ0v) is 10.5. The van der Waals surface area contributed by atoms with E-state index < -0.39 is 0 Å². The molecule has 17 heavy (non-hydrogen) atoms. The second-order valence-corrected chi connectivity index (χ2v) is 4.87. The number of hydrogen-bond donors (Lipinski definition) is 1. The summed E-state index contributed by atoms with van der Waals surface area (Å²) in [4.78, 5) is 12.0. The van der Waals surface area contributed by atoms with Gasteiger partial charge in [0.15, 0.2) is 5.78 Å². The predicted octanol–water partition coefficient (Wildman–Crippen LogP) is 2.82. The first kappa shape index (κ1) is 12.3. The molecule has 92 valence electrons. The van der Waals surface area contributed by atoms with E-state index in [4.69, 9.17) is 0 Å². The van der Waals surface area contributed by atoms with Crippen LogP contribution >= 0.6 is 0 Å². The Labute approximate surface area is 103 Å². The minimum Gasteiger partial charge on any atom is -0.316 e. The number of rotatable bonds is 5. The standard InChI is InChI=1S/C15H21NO/c1-2-12-3-6-14(7-4-12)15(17)8-5-13-9-10-16-11-13/h3-4,6-7,13,16H,2,5,8-11H2,1H3. The first-order chi connectivity index (χ1) is 8.29. The van der Waals surface area contributed by atoms with Gasteiger partial charge in [-0.3, -0.25) is 4.79 Å². The molecule has 0 spiro atoms. The third kappa shape index (κ3) is 3.40. The third-order valence-corrected chi connectivity index (χ3v) is 3.63. The predicted molar refractivity (Wildman–Crippen MR) is 70.4 cm³/mol. The maximum atomic E-state index is 12.0. The van der Waals surface area contributed by atoms with Gasteiger partial charge in [-0.15, -0.1) is 0 Å². The second-order valence-electron chi connectivity index (χ2n) is 4.87. The Kier molecular flexibility index (Phi) is 4.32. The fourth-order valence-corrected chi connectivity index (χ4v) is 2.37. The van der Waals surface area contributed by atoms with Gasteiger partial charge in [0.2, 0.25) is 0 Å². The molecule has 1 aliphatic heterocycles. The zero-order valence-electron chi connectivity index (χ0n) is 10.5. The van der Waals surface area contributed by atoms with E-state index in [2.05, 4.69) is 24.4 Å². The molecule has 0 bridgehead atoms. The van der Waals surface area contributed by atoms with Crippen LogP contribution in [0.4, 0.5) is 0 Å². The summed E-state index contributed by atoms with van der Waals surface area (Å²) in [6.45, 7) is 4.33. The highest BCUT2D eigenvalue weighted by molar-refractivity contribution is 5.96. The van der Waals surface area contributed by atoms with Crippen LogP contribution in [0.15, 0.2) is 24.3 Å². The fraction of sp³-hybridized carbons (Fsp3) is 0.533. The lowest BCUT2D eigenvalue weighted by Gasteiger charge is -2.07. The highest BCUT2D eigenvalue weighted by Crippen LogP contribution is 2.16. The molecule has 2 heteroatoms. The fourth-order valence-electron chi connectivity index (χ4n) is 2.37. The summed E-state index contributed by atoms with van der Waals surface area (Å²) >= 11 is 0. The van der Waals surface area contributed by atoms with Gasteiger partial charge in [-0.25, -0.2) is 0 Å². The van der Waals surface area contributed by atoms with E-state index in [1.54, 1.807) is 0 Å². The minimum atomic E-state index is 0.291. The summed E-state index contributed by atoms with van der Waals surface area (Å²) in [5, 5.41) is 3.34. The van der Waals surface area contributed by atoms with Crippen LogP contribution in [-0.2, 0) is 6.42 Å². The van der Waals surface area contributed by atoms with Gasteiger partial charge in [0.05, 0.1) is 0 Å². The lowest BCUT2D eigenvalue weighted by atomic mass is 9.97. The number of ketones is 1. The molecule has 1 aromatic rings. The van der Waals surface area contributed by atoms with E-state index in [0.717, 1.165) is 31.5 Å². The lowest BCUT2D eigenvalue weighted by Crippen LogP contribution is -2.10. The van der Waals surface area contributed by atoms with Crippen molar-refractivity contribution in [3.05, 3.63) is 35.4 Å². The van der Waals surface area contributed by atoms with Crippen LogP contribution in [0.25, 0.3) is 0 Å². The SMILES string of the molecule is CCc1ccc(C(=O)CCC2CCNC2)cc1. The largest absolute Gasteiger partial charge is 0.316 e. The maximum Gasteiger partial charge on any atom is 0.162 e. The van der Waals surface area contributed by atoms with Gasteiger partial charge in [-0.1, -0.05) is 31.2 Å². The van der Waals surface area contributed by atoms with Gasteiger partial charge in [0.25, 0.3) is 0 Å². The van der Waals surface area contributed by atoms with Crippen molar-refractivity contribution in [2.45, 2.75) is 32.6 Å². The van der Waals surface area contributed by atoms with Gasteiger partial charge in [-0.05, 0) is 43.8 Å². The first-order valence-corrected chi connectivity index (χ1v) is 6.62. The molecule has 0 aromatic heterocycles. The van der Waals surface area contributed by atoms with Crippen molar-refractivity contribution >= 4 is 5.78 Å². The summed E-state index contributed by atoms with van der Waals surface area (Å²) in [6.07, 6.45) is 3.98. The van der Waals surface area contributed by atoms with Crippen LogP contribution in [0, 0.1) is 5.92 Å².